The van der Waals surface area contributed by atoms with Gasteiger partial charge in [0.05, 0.1) is 19.1 Å². The molecule has 36 heavy (non-hydrogen) atoms. The third kappa shape index (κ3) is 4.53. The van der Waals surface area contributed by atoms with Crippen molar-refractivity contribution < 1.29 is 19.1 Å². The lowest BCUT2D eigenvalue weighted by Crippen LogP contribution is -2.44. The minimum Gasteiger partial charge on any atom is -0.497 e. The average molecular weight is 479 g/mol. The fourth-order valence-corrected chi connectivity index (χ4v) is 4.63. The van der Waals surface area contributed by atoms with Crippen LogP contribution in [0.1, 0.15) is 33.4 Å². The first kappa shape index (κ1) is 23.2. The summed E-state index contributed by atoms with van der Waals surface area (Å²) in [5, 5.41) is 3.04. The summed E-state index contributed by atoms with van der Waals surface area (Å²) >= 11 is 0. The first-order valence-electron chi connectivity index (χ1n) is 11.7. The first-order valence-corrected chi connectivity index (χ1v) is 11.7. The van der Waals surface area contributed by atoms with E-state index in [0.29, 0.717) is 28.3 Å². The van der Waals surface area contributed by atoms with Gasteiger partial charge in [-0.25, -0.2) is 0 Å². The minimum absolute atomic E-state index is 0.113. The maximum absolute atomic E-state index is 13.8. The second kappa shape index (κ2) is 9.96. The number of nitrogens with one attached hydrogen (secondary N) is 1. The average Bonchev–Trinajstić information content (AvgIpc) is 2.92. The molecule has 1 aliphatic rings. The molecule has 0 bridgehead atoms. The van der Waals surface area contributed by atoms with Crippen LogP contribution in [-0.4, -0.2) is 30.9 Å². The molecule has 0 aromatic heterocycles. The van der Waals surface area contributed by atoms with Gasteiger partial charge in [-0.3, -0.25) is 9.59 Å². The molecule has 5 rings (SSSR count). The summed E-state index contributed by atoms with van der Waals surface area (Å²) in [4.78, 5) is 28.6. The molecule has 6 heteroatoms. The Hall–Kier alpha value is -4.58. The van der Waals surface area contributed by atoms with Crippen molar-refractivity contribution >= 4 is 17.5 Å². The zero-order valence-electron chi connectivity index (χ0n) is 20.0. The number of hydrogen-bond acceptors (Lipinski definition) is 4. The fourth-order valence-electron chi connectivity index (χ4n) is 4.63. The zero-order chi connectivity index (χ0) is 25.1. The van der Waals surface area contributed by atoms with E-state index in [1.54, 1.807) is 25.1 Å². The quantitative estimate of drug-likeness (QED) is 0.367. The predicted molar refractivity (Wildman–Crippen MR) is 139 cm³/mol. The molecule has 0 spiro atoms. The Morgan fingerprint density at radius 1 is 0.778 bits per heavy atom. The number of hydrogen-bond donors (Lipinski definition) is 1. The van der Waals surface area contributed by atoms with E-state index in [-0.39, 0.29) is 11.8 Å². The molecule has 0 saturated carbocycles. The summed E-state index contributed by atoms with van der Waals surface area (Å²) < 4.78 is 11.1. The molecule has 6 nitrogen and oxygen atoms in total. The van der Waals surface area contributed by atoms with Crippen LogP contribution in [0.15, 0.2) is 103 Å². The number of para-hydroxylation sites is 1. The van der Waals surface area contributed by atoms with E-state index < -0.39 is 12.0 Å². The van der Waals surface area contributed by atoms with Crippen molar-refractivity contribution in [3.8, 4) is 17.2 Å². The lowest BCUT2D eigenvalue weighted by Gasteiger charge is -2.39. The normalized spacial score (nSPS) is 16.7. The number of likely N-dealkylation sites (N-methyl/N-ethyl adjacent to an activating group) is 1. The van der Waals surface area contributed by atoms with Gasteiger partial charge in [-0.15, -0.1) is 0 Å². The van der Waals surface area contributed by atoms with Crippen LogP contribution < -0.4 is 14.8 Å². The van der Waals surface area contributed by atoms with E-state index >= 15 is 0 Å². The summed E-state index contributed by atoms with van der Waals surface area (Å²) in [6.07, 6.45) is 0. The van der Waals surface area contributed by atoms with Crippen molar-refractivity contribution in [3.63, 3.8) is 0 Å². The number of fused-ring (bicyclic) bond motifs is 1. The molecule has 0 saturated heterocycles. The highest BCUT2D eigenvalue weighted by molar-refractivity contribution is 6.04. The largest absolute Gasteiger partial charge is 0.497 e. The van der Waals surface area contributed by atoms with Crippen LogP contribution in [0.4, 0.5) is 5.69 Å². The second-order valence-corrected chi connectivity index (χ2v) is 8.63. The predicted octanol–water partition coefficient (Wildman–Crippen LogP) is 6.04. The van der Waals surface area contributed by atoms with Gasteiger partial charge in [0.2, 0.25) is 5.91 Å². The lowest BCUT2D eigenvalue weighted by molar-refractivity contribution is -0.119. The van der Waals surface area contributed by atoms with E-state index in [9.17, 15) is 9.59 Å². The number of benzene rings is 4. The smallest absolute Gasteiger partial charge is 0.254 e. The van der Waals surface area contributed by atoms with Crippen LogP contribution in [0.25, 0.3) is 0 Å². The van der Waals surface area contributed by atoms with Gasteiger partial charge in [0, 0.05) is 18.3 Å². The number of nitrogens with zero attached hydrogens (tertiary/aromatic N) is 1. The highest BCUT2D eigenvalue weighted by Gasteiger charge is 2.42. The molecule has 0 fully saturated rings. The summed E-state index contributed by atoms with van der Waals surface area (Å²) in [5.74, 6) is 1.21. The van der Waals surface area contributed by atoms with Crippen molar-refractivity contribution in [2.75, 3.05) is 19.5 Å². The third-order valence-electron chi connectivity index (χ3n) is 6.42. The van der Waals surface area contributed by atoms with Gasteiger partial charge in [-0.1, -0.05) is 48.5 Å². The van der Waals surface area contributed by atoms with Crippen molar-refractivity contribution in [3.05, 3.63) is 120 Å². The Kier molecular flexibility index (Phi) is 6.41. The molecule has 2 amide bonds. The molecule has 0 unspecified atom stereocenters. The number of amides is 2. The maximum Gasteiger partial charge on any atom is 0.254 e. The van der Waals surface area contributed by atoms with Crippen molar-refractivity contribution in [1.82, 2.24) is 4.90 Å². The molecule has 4 aromatic carbocycles. The Balaban J connectivity index is 1.44. The van der Waals surface area contributed by atoms with Crippen molar-refractivity contribution in [2.45, 2.75) is 12.0 Å². The van der Waals surface area contributed by atoms with E-state index in [1.165, 1.54) is 0 Å². The molecule has 0 aliphatic carbocycles. The summed E-state index contributed by atoms with van der Waals surface area (Å²) in [6.45, 7) is 0. The van der Waals surface area contributed by atoms with Gasteiger partial charge < -0.3 is 19.7 Å². The van der Waals surface area contributed by atoms with E-state index in [2.05, 4.69) is 5.32 Å². The number of ether oxygens (including phenoxy) is 2. The number of carbonyl (C=O) groups is 2. The molecular weight excluding hydrogens is 452 g/mol. The molecule has 180 valence electrons. The Bertz CT molecular complexity index is 1370. The van der Waals surface area contributed by atoms with Crippen LogP contribution in [0.5, 0.6) is 17.2 Å². The van der Waals surface area contributed by atoms with Crippen LogP contribution in [-0.2, 0) is 4.79 Å². The van der Waals surface area contributed by atoms with Crippen LogP contribution in [0.2, 0.25) is 0 Å². The fraction of sp³-hybridized carbons (Fsp3) is 0.133. The molecule has 2 atom stereocenters. The summed E-state index contributed by atoms with van der Waals surface area (Å²) in [7, 11) is 3.34. The molecule has 1 aliphatic heterocycles. The van der Waals surface area contributed by atoms with Gasteiger partial charge in [0.1, 0.15) is 17.2 Å². The number of methoxy groups -OCH3 is 1. The molecule has 0 radical (unpaired) electrons. The first-order chi connectivity index (χ1) is 17.5. The summed E-state index contributed by atoms with van der Waals surface area (Å²) in [5.41, 5.74) is 2.75. The highest BCUT2D eigenvalue weighted by atomic mass is 16.5. The molecule has 1 N–H and O–H groups in total. The van der Waals surface area contributed by atoms with E-state index in [0.717, 1.165) is 11.3 Å². The van der Waals surface area contributed by atoms with Gasteiger partial charge in [-0.05, 0) is 65.7 Å². The second-order valence-electron chi connectivity index (χ2n) is 8.63. The Labute approximate surface area is 210 Å². The molecule has 1 heterocycles. The number of anilines is 1. The Morgan fingerprint density at radius 2 is 1.39 bits per heavy atom. The van der Waals surface area contributed by atoms with E-state index in [4.69, 9.17) is 9.47 Å². The number of carbonyl (C=O) groups excluding carboxylic acids is 2. The summed E-state index contributed by atoms with van der Waals surface area (Å²) in [6, 6.07) is 31.1. The van der Waals surface area contributed by atoms with Crippen molar-refractivity contribution in [1.29, 1.82) is 0 Å². The van der Waals surface area contributed by atoms with Crippen LogP contribution in [0.3, 0.4) is 0 Å². The zero-order valence-corrected chi connectivity index (χ0v) is 20.0. The van der Waals surface area contributed by atoms with E-state index in [1.807, 2.05) is 97.1 Å². The number of rotatable bonds is 6. The Morgan fingerprint density at radius 3 is 2.08 bits per heavy atom. The molecular formula is C30H26N2O4. The van der Waals surface area contributed by atoms with Gasteiger partial charge in [0.25, 0.3) is 5.91 Å². The topological polar surface area (TPSA) is 67.9 Å². The standard InChI is InChI=1S/C30H26N2O4/c1-32-28(20-12-16-22(35-2)17-13-20)27(25-10-6-7-11-26(25)30(32)34)29(33)31-21-14-18-24(19-15-21)36-23-8-4-3-5-9-23/h3-19,27-28H,1-2H3,(H,31,33)/t27-,28+/m0/s1. The van der Waals surface area contributed by atoms with Gasteiger partial charge in [-0.2, -0.15) is 0 Å². The highest BCUT2D eigenvalue weighted by Crippen LogP contribution is 2.43. The third-order valence-corrected chi connectivity index (χ3v) is 6.42. The molecule has 4 aromatic rings. The SMILES string of the molecule is COc1ccc([C@@H]2[C@@H](C(=O)Nc3ccc(Oc4ccccc4)cc3)c3ccccc3C(=O)N2C)cc1. The minimum atomic E-state index is -0.599. The van der Waals surface area contributed by atoms with Gasteiger partial charge in [0.15, 0.2) is 0 Å². The lowest BCUT2D eigenvalue weighted by atomic mass is 9.79. The van der Waals surface area contributed by atoms with Crippen LogP contribution in [0, 0.1) is 0 Å². The maximum atomic E-state index is 13.8. The van der Waals surface area contributed by atoms with Crippen LogP contribution >= 0.6 is 0 Å². The van der Waals surface area contributed by atoms with Crippen molar-refractivity contribution in [2.24, 2.45) is 0 Å². The monoisotopic (exact) mass is 478 g/mol. The van der Waals surface area contributed by atoms with Gasteiger partial charge >= 0.3 is 0 Å².